The molecule has 0 spiro atoms. The molecule has 0 unspecified atom stereocenters. The SMILES string of the molecule is O=C(Nc1cc(Br)ccc1Cl)N1CCCCC1. The molecule has 0 aromatic heterocycles. The van der Waals surface area contributed by atoms with Crippen molar-refractivity contribution in [1.82, 2.24) is 4.90 Å². The molecule has 0 saturated carbocycles. The van der Waals surface area contributed by atoms with E-state index >= 15 is 0 Å². The van der Waals surface area contributed by atoms with E-state index in [9.17, 15) is 4.79 Å². The second kappa shape index (κ2) is 5.74. The highest BCUT2D eigenvalue weighted by Crippen LogP contribution is 2.26. The minimum atomic E-state index is -0.0651. The smallest absolute Gasteiger partial charge is 0.321 e. The molecule has 1 fully saturated rings. The van der Waals surface area contributed by atoms with E-state index in [-0.39, 0.29) is 6.03 Å². The molecule has 1 aliphatic rings. The molecular formula is C12H14BrClN2O. The first-order valence-electron chi connectivity index (χ1n) is 5.68. The maximum Gasteiger partial charge on any atom is 0.321 e. The monoisotopic (exact) mass is 316 g/mol. The van der Waals surface area contributed by atoms with Crippen molar-refractivity contribution in [3.63, 3.8) is 0 Å². The lowest BCUT2D eigenvalue weighted by molar-refractivity contribution is 0.200. The second-order valence-electron chi connectivity index (χ2n) is 4.10. The van der Waals surface area contributed by atoms with Gasteiger partial charge in [0, 0.05) is 17.6 Å². The molecule has 2 rings (SSSR count). The first-order valence-corrected chi connectivity index (χ1v) is 6.85. The van der Waals surface area contributed by atoms with Gasteiger partial charge in [0.25, 0.3) is 0 Å². The van der Waals surface area contributed by atoms with Gasteiger partial charge in [-0.1, -0.05) is 27.5 Å². The van der Waals surface area contributed by atoms with Crippen LogP contribution in [0.3, 0.4) is 0 Å². The number of nitrogens with one attached hydrogen (secondary N) is 1. The molecule has 1 aromatic rings. The van der Waals surface area contributed by atoms with E-state index in [1.165, 1.54) is 6.42 Å². The Bertz CT molecular complexity index is 419. The number of nitrogens with zero attached hydrogens (tertiary/aromatic N) is 1. The number of piperidine rings is 1. The van der Waals surface area contributed by atoms with Gasteiger partial charge in [-0.05, 0) is 37.5 Å². The zero-order chi connectivity index (χ0) is 12.3. The van der Waals surface area contributed by atoms with Crippen molar-refractivity contribution in [2.75, 3.05) is 18.4 Å². The molecule has 1 saturated heterocycles. The Morgan fingerprint density at radius 3 is 2.71 bits per heavy atom. The summed E-state index contributed by atoms with van der Waals surface area (Å²) in [5.41, 5.74) is 0.650. The molecule has 1 N–H and O–H groups in total. The summed E-state index contributed by atoms with van der Waals surface area (Å²) in [4.78, 5) is 13.8. The molecule has 2 amide bonds. The van der Waals surface area contributed by atoms with Crippen LogP contribution in [0, 0.1) is 0 Å². The van der Waals surface area contributed by atoms with E-state index in [0.717, 1.165) is 30.4 Å². The van der Waals surface area contributed by atoms with Crippen LogP contribution in [0.2, 0.25) is 5.02 Å². The van der Waals surface area contributed by atoms with Crippen molar-refractivity contribution >= 4 is 39.2 Å². The van der Waals surface area contributed by atoms with Crippen LogP contribution in [-0.4, -0.2) is 24.0 Å². The van der Waals surface area contributed by atoms with Crippen LogP contribution in [0.1, 0.15) is 19.3 Å². The van der Waals surface area contributed by atoms with Gasteiger partial charge in [0.15, 0.2) is 0 Å². The van der Waals surface area contributed by atoms with E-state index < -0.39 is 0 Å². The van der Waals surface area contributed by atoms with Gasteiger partial charge in [0.1, 0.15) is 0 Å². The predicted molar refractivity (Wildman–Crippen MR) is 73.6 cm³/mol. The molecule has 0 radical (unpaired) electrons. The van der Waals surface area contributed by atoms with Crippen LogP contribution in [-0.2, 0) is 0 Å². The van der Waals surface area contributed by atoms with Gasteiger partial charge in [0.05, 0.1) is 10.7 Å². The van der Waals surface area contributed by atoms with E-state index in [0.29, 0.717) is 10.7 Å². The van der Waals surface area contributed by atoms with Gasteiger partial charge in [-0.15, -0.1) is 0 Å². The third-order valence-electron chi connectivity index (χ3n) is 2.81. The third-order valence-corrected chi connectivity index (χ3v) is 3.64. The van der Waals surface area contributed by atoms with E-state index in [4.69, 9.17) is 11.6 Å². The summed E-state index contributed by atoms with van der Waals surface area (Å²) in [6.07, 6.45) is 3.38. The Hall–Kier alpha value is -0.740. The number of carbonyl (C=O) groups is 1. The quantitative estimate of drug-likeness (QED) is 0.830. The Balaban J connectivity index is 2.04. The highest BCUT2D eigenvalue weighted by molar-refractivity contribution is 9.10. The minimum Gasteiger partial charge on any atom is -0.325 e. The highest BCUT2D eigenvalue weighted by atomic mass is 79.9. The Morgan fingerprint density at radius 2 is 2.00 bits per heavy atom. The molecule has 92 valence electrons. The number of hydrogen-bond acceptors (Lipinski definition) is 1. The van der Waals surface area contributed by atoms with Gasteiger partial charge < -0.3 is 10.2 Å². The number of benzene rings is 1. The van der Waals surface area contributed by atoms with Gasteiger partial charge in [-0.2, -0.15) is 0 Å². The Kier molecular flexibility index (Phi) is 4.29. The van der Waals surface area contributed by atoms with E-state index in [1.807, 2.05) is 17.0 Å². The molecule has 5 heteroatoms. The van der Waals surface area contributed by atoms with Crippen LogP contribution in [0.4, 0.5) is 10.5 Å². The normalized spacial score (nSPS) is 15.8. The van der Waals surface area contributed by atoms with Crippen LogP contribution in [0.25, 0.3) is 0 Å². The molecule has 0 aliphatic carbocycles. The summed E-state index contributed by atoms with van der Waals surface area (Å²) in [7, 11) is 0. The third kappa shape index (κ3) is 3.36. The van der Waals surface area contributed by atoms with Crippen LogP contribution in [0.5, 0.6) is 0 Å². The van der Waals surface area contributed by atoms with Crippen molar-refractivity contribution < 1.29 is 4.79 Å². The highest BCUT2D eigenvalue weighted by Gasteiger charge is 2.17. The summed E-state index contributed by atoms with van der Waals surface area (Å²) in [6.45, 7) is 1.66. The average molecular weight is 318 g/mol. The van der Waals surface area contributed by atoms with Crippen LogP contribution >= 0.6 is 27.5 Å². The fraction of sp³-hybridized carbons (Fsp3) is 0.417. The maximum atomic E-state index is 12.0. The lowest BCUT2D eigenvalue weighted by Crippen LogP contribution is -2.38. The van der Waals surface area contributed by atoms with E-state index in [1.54, 1.807) is 6.07 Å². The lowest BCUT2D eigenvalue weighted by atomic mass is 10.1. The van der Waals surface area contributed by atoms with Crippen LogP contribution < -0.4 is 5.32 Å². The molecule has 1 aliphatic heterocycles. The largest absolute Gasteiger partial charge is 0.325 e. The number of anilines is 1. The number of urea groups is 1. The fourth-order valence-corrected chi connectivity index (χ4v) is 2.41. The first-order chi connectivity index (χ1) is 8.16. The topological polar surface area (TPSA) is 32.3 Å². The molecule has 1 heterocycles. The maximum absolute atomic E-state index is 12.0. The number of hydrogen-bond donors (Lipinski definition) is 1. The summed E-state index contributed by atoms with van der Waals surface area (Å²) >= 11 is 9.38. The molecule has 1 aromatic carbocycles. The molecule has 0 bridgehead atoms. The number of rotatable bonds is 1. The van der Waals surface area contributed by atoms with Gasteiger partial charge >= 0.3 is 6.03 Å². The number of halogens is 2. The van der Waals surface area contributed by atoms with Crippen LogP contribution in [0.15, 0.2) is 22.7 Å². The predicted octanol–water partition coefficient (Wildman–Crippen LogP) is 4.12. The molecular weight excluding hydrogens is 304 g/mol. The van der Waals surface area contributed by atoms with Gasteiger partial charge in [-0.25, -0.2) is 4.79 Å². The second-order valence-corrected chi connectivity index (χ2v) is 5.42. The standard InChI is InChI=1S/C12H14BrClN2O/c13-9-4-5-10(14)11(8-9)15-12(17)16-6-2-1-3-7-16/h4-5,8H,1-3,6-7H2,(H,15,17). The fourth-order valence-electron chi connectivity index (χ4n) is 1.88. The van der Waals surface area contributed by atoms with Gasteiger partial charge in [-0.3, -0.25) is 0 Å². The average Bonchev–Trinajstić information content (AvgIpc) is 2.35. The minimum absolute atomic E-state index is 0.0651. The Morgan fingerprint density at radius 1 is 1.29 bits per heavy atom. The van der Waals surface area contributed by atoms with Gasteiger partial charge in [0.2, 0.25) is 0 Å². The number of amides is 2. The molecule has 0 atom stereocenters. The number of likely N-dealkylation sites (tertiary alicyclic amines) is 1. The molecule has 17 heavy (non-hydrogen) atoms. The van der Waals surface area contributed by atoms with Crippen molar-refractivity contribution in [2.45, 2.75) is 19.3 Å². The first kappa shape index (κ1) is 12.7. The van der Waals surface area contributed by atoms with Crippen molar-refractivity contribution in [1.29, 1.82) is 0 Å². The van der Waals surface area contributed by atoms with Crippen molar-refractivity contribution in [3.05, 3.63) is 27.7 Å². The lowest BCUT2D eigenvalue weighted by Gasteiger charge is -2.27. The number of carbonyl (C=O) groups excluding carboxylic acids is 1. The molecule has 3 nitrogen and oxygen atoms in total. The van der Waals surface area contributed by atoms with E-state index in [2.05, 4.69) is 21.2 Å². The summed E-state index contributed by atoms with van der Waals surface area (Å²) in [6, 6.07) is 5.35. The zero-order valence-electron chi connectivity index (χ0n) is 9.38. The van der Waals surface area contributed by atoms with Crippen molar-refractivity contribution in [2.24, 2.45) is 0 Å². The van der Waals surface area contributed by atoms with Crippen molar-refractivity contribution in [3.8, 4) is 0 Å². The zero-order valence-corrected chi connectivity index (χ0v) is 11.7. The summed E-state index contributed by atoms with van der Waals surface area (Å²) in [5, 5.41) is 3.40. The summed E-state index contributed by atoms with van der Waals surface area (Å²) < 4.78 is 0.899. The Labute approximate surface area is 114 Å². The summed E-state index contributed by atoms with van der Waals surface area (Å²) in [5.74, 6) is 0.